The largest absolute Gasteiger partial charge is 4.00 e. The Morgan fingerprint density at radius 1 is 0.750 bits per heavy atom. The molecule has 0 heterocycles. The first-order chi connectivity index (χ1) is 0. The SMILES string of the molecule is [O-2].[O-2].[Ti+4].[Zr]. The van der Waals surface area contributed by atoms with Gasteiger partial charge in [0.05, 0.1) is 0 Å². The minimum Gasteiger partial charge on any atom is -2.00 e. The van der Waals surface area contributed by atoms with Gasteiger partial charge in [0.15, 0.2) is 0 Å². The van der Waals surface area contributed by atoms with Gasteiger partial charge in [0.25, 0.3) is 0 Å². The van der Waals surface area contributed by atoms with Crippen molar-refractivity contribution in [3.8, 4) is 0 Å². The maximum Gasteiger partial charge on any atom is 4.00 e. The molecule has 0 aromatic carbocycles. The van der Waals surface area contributed by atoms with Gasteiger partial charge >= 0.3 is 21.7 Å². The molecule has 4 heteroatoms. The zero-order valence-corrected chi connectivity index (χ0v) is 5.84. The molecule has 0 aliphatic carbocycles. The fourth-order valence-electron chi connectivity index (χ4n) is 0. The molecular formula is O2TiZr. The van der Waals surface area contributed by atoms with Crippen LogP contribution in [0.15, 0.2) is 0 Å². The van der Waals surface area contributed by atoms with Crippen molar-refractivity contribution in [2.45, 2.75) is 0 Å². The molecule has 0 N–H and O–H groups in total. The van der Waals surface area contributed by atoms with Crippen LogP contribution < -0.4 is 0 Å². The minimum atomic E-state index is 0. The predicted octanol–water partition coefficient (Wildman–Crippen LogP) is -0.243. The molecule has 0 aromatic heterocycles. The van der Waals surface area contributed by atoms with E-state index in [1.54, 1.807) is 0 Å². The molecule has 0 rings (SSSR count). The Labute approximate surface area is 58.6 Å². The van der Waals surface area contributed by atoms with E-state index in [1.165, 1.54) is 0 Å². The first-order valence-corrected chi connectivity index (χ1v) is 0. The van der Waals surface area contributed by atoms with Crippen LogP contribution in [0.2, 0.25) is 0 Å². The molecule has 0 aliphatic heterocycles. The topological polar surface area (TPSA) is 57.0 Å². The molecular weight excluding hydrogens is 171 g/mol. The van der Waals surface area contributed by atoms with Gasteiger partial charge in [-0.2, -0.15) is 0 Å². The van der Waals surface area contributed by atoms with Crippen LogP contribution >= 0.6 is 0 Å². The summed E-state index contributed by atoms with van der Waals surface area (Å²) in [4.78, 5) is 0. The second-order valence-electron chi connectivity index (χ2n) is 0. The van der Waals surface area contributed by atoms with Crippen LogP contribution in [0.25, 0.3) is 0 Å². The van der Waals surface area contributed by atoms with Crippen molar-refractivity contribution in [3.63, 3.8) is 0 Å². The first-order valence-electron chi connectivity index (χ1n) is 0. The average Bonchev–Trinajstić information content (AvgIpc) is 0. The monoisotopic (exact) mass is 170 g/mol. The van der Waals surface area contributed by atoms with Gasteiger partial charge in [0.2, 0.25) is 0 Å². The predicted molar refractivity (Wildman–Crippen MR) is 1.37 cm³/mol. The molecule has 0 unspecified atom stereocenters. The van der Waals surface area contributed by atoms with E-state index in [0.717, 1.165) is 0 Å². The quantitative estimate of drug-likeness (QED) is 0.451. The molecule has 20 valence electrons. The summed E-state index contributed by atoms with van der Waals surface area (Å²) >= 11 is 0. The van der Waals surface area contributed by atoms with Gasteiger partial charge in [-0.15, -0.1) is 0 Å². The Morgan fingerprint density at radius 2 is 0.750 bits per heavy atom. The summed E-state index contributed by atoms with van der Waals surface area (Å²) in [6.45, 7) is 0. The smallest absolute Gasteiger partial charge is 2.00 e. The molecule has 0 aromatic rings. The van der Waals surface area contributed by atoms with E-state index in [4.69, 9.17) is 0 Å². The molecule has 0 amide bonds. The zero-order chi connectivity index (χ0) is 0. The van der Waals surface area contributed by atoms with E-state index < -0.39 is 0 Å². The third-order valence-corrected chi connectivity index (χ3v) is 0. The van der Waals surface area contributed by atoms with Crippen molar-refractivity contribution in [3.05, 3.63) is 0 Å². The Kier molecular flexibility index (Phi) is 297. The second-order valence-corrected chi connectivity index (χ2v) is 0. The molecule has 0 bridgehead atoms. The van der Waals surface area contributed by atoms with Crippen LogP contribution in [0.4, 0.5) is 0 Å². The van der Waals surface area contributed by atoms with Crippen molar-refractivity contribution in [1.29, 1.82) is 0 Å². The van der Waals surface area contributed by atoms with Gasteiger partial charge < -0.3 is 11.0 Å². The normalized spacial score (nSPS) is 0. The molecule has 0 aliphatic rings. The number of rotatable bonds is 0. The van der Waals surface area contributed by atoms with Gasteiger partial charge in [-0.25, -0.2) is 0 Å². The summed E-state index contributed by atoms with van der Waals surface area (Å²) < 4.78 is 0. The maximum atomic E-state index is 0. The Morgan fingerprint density at radius 3 is 0.750 bits per heavy atom. The fourth-order valence-corrected chi connectivity index (χ4v) is 0. The van der Waals surface area contributed by atoms with Crippen molar-refractivity contribution in [2.75, 3.05) is 0 Å². The van der Waals surface area contributed by atoms with Crippen LogP contribution in [-0.4, -0.2) is 0 Å². The molecule has 2 nitrogen and oxygen atoms in total. The summed E-state index contributed by atoms with van der Waals surface area (Å²) in [5.41, 5.74) is 0. The molecule has 0 radical (unpaired) electrons. The summed E-state index contributed by atoms with van der Waals surface area (Å²) in [6, 6.07) is 0. The second kappa shape index (κ2) is 24.3. The van der Waals surface area contributed by atoms with Crippen molar-refractivity contribution >= 4 is 0 Å². The van der Waals surface area contributed by atoms with Crippen molar-refractivity contribution in [1.82, 2.24) is 0 Å². The number of hydrogen-bond donors (Lipinski definition) is 0. The van der Waals surface area contributed by atoms with Gasteiger partial charge in [0, 0.05) is 26.2 Å². The van der Waals surface area contributed by atoms with Gasteiger partial charge in [-0.3, -0.25) is 0 Å². The summed E-state index contributed by atoms with van der Waals surface area (Å²) in [5, 5.41) is 0. The summed E-state index contributed by atoms with van der Waals surface area (Å²) in [5.74, 6) is 0. The minimum absolute atomic E-state index is 0. The van der Waals surface area contributed by atoms with Crippen LogP contribution in [0.1, 0.15) is 0 Å². The van der Waals surface area contributed by atoms with Crippen LogP contribution in [0, 0.1) is 0 Å². The first kappa shape index (κ1) is 48.9. The number of hydrogen-bond acceptors (Lipinski definition) is 0. The van der Waals surface area contributed by atoms with E-state index in [0.29, 0.717) is 0 Å². The molecule has 0 saturated heterocycles. The molecule has 0 spiro atoms. The van der Waals surface area contributed by atoms with Crippen LogP contribution in [0.5, 0.6) is 0 Å². The Bertz CT molecular complexity index is 6.00. The molecule has 0 fully saturated rings. The molecule has 4 heavy (non-hydrogen) atoms. The van der Waals surface area contributed by atoms with E-state index >= 15 is 0 Å². The Balaban J connectivity index is 0. The van der Waals surface area contributed by atoms with Crippen LogP contribution in [0.3, 0.4) is 0 Å². The zero-order valence-electron chi connectivity index (χ0n) is 1.82. The van der Waals surface area contributed by atoms with Crippen molar-refractivity contribution < 1.29 is 58.9 Å². The van der Waals surface area contributed by atoms with E-state index in [-0.39, 0.29) is 58.9 Å². The Hall–Kier alpha value is 1.52. The fraction of sp³-hybridized carbons (Fsp3) is 0. The van der Waals surface area contributed by atoms with Gasteiger partial charge in [0.1, 0.15) is 0 Å². The summed E-state index contributed by atoms with van der Waals surface area (Å²) in [7, 11) is 0. The standard InChI is InChI=1S/2O.Ti.Zr/q2*-2;+4;. The van der Waals surface area contributed by atoms with E-state index in [2.05, 4.69) is 0 Å². The maximum absolute atomic E-state index is 0. The van der Waals surface area contributed by atoms with E-state index in [9.17, 15) is 0 Å². The van der Waals surface area contributed by atoms with E-state index in [1.807, 2.05) is 0 Å². The van der Waals surface area contributed by atoms with Gasteiger partial charge in [-0.1, -0.05) is 0 Å². The van der Waals surface area contributed by atoms with Crippen molar-refractivity contribution in [2.24, 2.45) is 0 Å². The summed E-state index contributed by atoms with van der Waals surface area (Å²) in [6.07, 6.45) is 0. The van der Waals surface area contributed by atoms with Crippen LogP contribution in [-0.2, 0) is 58.9 Å². The molecule has 0 saturated carbocycles. The third-order valence-electron chi connectivity index (χ3n) is 0. The average molecular weight is 171 g/mol. The third kappa shape index (κ3) is 9.68. The van der Waals surface area contributed by atoms with Gasteiger partial charge in [-0.05, 0) is 0 Å². The molecule has 0 atom stereocenters.